The summed E-state index contributed by atoms with van der Waals surface area (Å²) in [6, 6.07) is 6.94. The fraction of sp³-hybridized carbons (Fsp3) is 0.500. The van der Waals surface area contributed by atoms with Crippen LogP contribution >= 0.6 is 0 Å². The van der Waals surface area contributed by atoms with Gasteiger partial charge < -0.3 is 10.4 Å². The van der Waals surface area contributed by atoms with Crippen molar-refractivity contribution < 1.29 is 9.90 Å². The van der Waals surface area contributed by atoms with Crippen molar-refractivity contribution in [1.29, 1.82) is 0 Å². The molecule has 0 radical (unpaired) electrons. The predicted molar refractivity (Wildman–Crippen MR) is 68.4 cm³/mol. The molecule has 0 atom stereocenters. The van der Waals surface area contributed by atoms with Gasteiger partial charge in [0.25, 0.3) is 0 Å². The van der Waals surface area contributed by atoms with E-state index >= 15 is 0 Å². The zero-order chi connectivity index (χ0) is 12.5. The molecule has 17 heavy (non-hydrogen) atoms. The molecule has 3 nitrogen and oxygen atoms in total. The fourth-order valence-corrected chi connectivity index (χ4v) is 2.13. The third-order valence-electron chi connectivity index (χ3n) is 3.89. The molecule has 3 heteroatoms. The van der Waals surface area contributed by atoms with Crippen molar-refractivity contribution in [1.82, 2.24) is 0 Å². The van der Waals surface area contributed by atoms with Gasteiger partial charge in [-0.25, -0.2) is 4.79 Å². The van der Waals surface area contributed by atoms with E-state index in [9.17, 15) is 4.79 Å². The highest BCUT2D eigenvalue weighted by atomic mass is 16.4. The number of carboxylic acids is 1. The van der Waals surface area contributed by atoms with Gasteiger partial charge in [-0.15, -0.1) is 0 Å². The summed E-state index contributed by atoms with van der Waals surface area (Å²) >= 11 is 0. The summed E-state index contributed by atoms with van der Waals surface area (Å²) in [6.07, 6.45) is 2.59. The van der Waals surface area contributed by atoms with Crippen LogP contribution < -0.4 is 5.32 Å². The van der Waals surface area contributed by atoms with Gasteiger partial charge in [-0.1, -0.05) is 13.8 Å². The SMILES string of the molecule is CC(C)C1(CNc2ccc(C(=O)O)cc2)CC1. The highest BCUT2D eigenvalue weighted by molar-refractivity contribution is 5.87. The van der Waals surface area contributed by atoms with E-state index in [1.807, 2.05) is 12.1 Å². The number of hydrogen-bond donors (Lipinski definition) is 2. The van der Waals surface area contributed by atoms with Crippen LogP contribution in [0.5, 0.6) is 0 Å². The third-order valence-corrected chi connectivity index (χ3v) is 3.89. The smallest absolute Gasteiger partial charge is 0.335 e. The maximum absolute atomic E-state index is 10.7. The van der Waals surface area contributed by atoms with E-state index < -0.39 is 5.97 Å². The second-order valence-corrected chi connectivity index (χ2v) is 5.25. The first kappa shape index (κ1) is 12.0. The van der Waals surface area contributed by atoms with E-state index in [0.717, 1.165) is 12.2 Å². The molecule has 92 valence electrons. The summed E-state index contributed by atoms with van der Waals surface area (Å²) in [5.41, 5.74) is 1.80. The van der Waals surface area contributed by atoms with Crippen LogP contribution in [0, 0.1) is 11.3 Å². The number of carbonyl (C=O) groups is 1. The minimum Gasteiger partial charge on any atom is -0.478 e. The summed E-state index contributed by atoms with van der Waals surface area (Å²) in [6.45, 7) is 5.52. The van der Waals surface area contributed by atoms with Gasteiger partial charge >= 0.3 is 5.97 Å². The Balaban J connectivity index is 1.94. The number of carboxylic acid groups (broad SMARTS) is 1. The molecule has 0 bridgehead atoms. The number of rotatable bonds is 5. The summed E-state index contributed by atoms with van der Waals surface area (Å²) in [7, 11) is 0. The molecule has 0 unspecified atom stereocenters. The Morgan fingerprint density at radius 3 is 2.35 bits per heavy atom. The lowest BCUT2D eigenvalue weighted by Gasteiger charge is -2.20. The second kappa shape index (κ2) is 4.40. The Bertz CT molecular complexity index is 405. The van der Waals surface area contributed by atoms with Crippen LogP contribution in [0.3, 0.4) is 0 Å². The molecule has 1 aromatic carbocycles. The van der Waals surface area contributed by atoms with Crippen LogP contribution in [0.4, 0.5) is 5.69 Å². The lowest BCUT2D eigenvalue weighted by atomic mass is 9.92. The van der Waals surface area contributed by atoms with E-state index in [0.29, 0.717) is 16.9 Å². The van der Waals surface area contributed by atoms with Crippen molar-refractivity contribution in [2.24, 2.45) is 11.3 Å². The molecule has 0 spiro atoms. The van der Waals surface area contributed by atoms with Gasteiger partial charge in [0.05, 0.1) is 5.56 Å². The van der Waals surface area contributed by atoms with Gasteiger partial charge in [-0.3, -0.25) is 0 Å². The maximum Gasteiger partial charge on any atom is 0.335 e. The zero-order valence-electron chi connectivity index (χ0n) is 10.4. The first-order valence-electron chi connectivity index (χ1n) is 6.11. The fourth-order valence-electron chi connectivity index (χ4n) is 2.13. The van der Waals surface area contributed by atoms with E-state index in [1.54, 1.807) is 12.1 Å². The van der Waals surface area contributed by atoms with Gasteiger partial charge in [0, 0.05) is 12.2 Å². The highest BCUT2D eigenvalue weighted by Gasteiger charge is 2.44. The number of aromatic carboxylic acids is 1. The molecule has 1 saturated carbocycles. The molecule has 0 aromatic heterocycles. The Morgan fingerprint density at radius 2 is 1.94 bits per heavy atom. The van der Waals surface area contributed by atoms with Crippen molar-refractivity contribution >= 4 is 11.7 Å². The molecule has 0 heterocycles. The Kier molecular flexibility index (Phi) is 3.09. The molecule has 1 fully saturated rings. The van der Waals surface area contributed by atoms with Gasteiger partial charge in [-0.2, -0.15) is 0 Å². The van der Waals surface area contributed by atoms with E-state index in [2.05, 4.69) is 19.2 Å². The van der Waals surface area contributed by atoms with Crippen LogP contribution in [0.25, 0.3) is 0 Å². The number of anilines is 1. The Morgan fingerprint density at radius 1 is 1.35 bits per heavy atom. The molecule has 1 aliphatic rings. The average Bonchev–Trinajstić information content (AvgIpc) is 3.08. The van der Waals surface area contributed by atoms with Crippen molar-refractivity contribution in [3.8, 4) is 0 Å². The second-order valence-electron chi connectivity index (χ2n) is 5.25. The van der Waals surface area contributed by atoms with Gasteiger partial charge in [-0.05, 0) is 48.4 Å². The minimum atomic E-state index is -0.877. The largest absolute Gasteiger partial charge is 0.478 e. The van der Waals surface area contributed by atoms with Gasteiger partial charge in [0.1, 0.15) is 0 Å². The first-order chi connectivity index (χ1) is 8.03. The lowest BCUT2D eigenvalue weighted by molar-refractivity contribution is 0.0697. The summed E-state index contributed by atoms with van der Waals surface area (Å²) < 4.78 is 0. The average molecular weight is 233 g/mol. The summed E-state index contributed by atoms with van der Waals surface area (Å²) in [5, 5.41) is 12.2. The van der Waals surface area contributed by atoms with Gasteiger partial charge in [0.2, 0.25) is 0 Å². The van der Waals surface area contributed by atoms with Crippen molar-refractivity contribution in [2.45, 2.75) is 26.7 Å². The molecule has 2 N–H and O–H groups in total. The number of nitrogens with one attached hydrogen (secondary N) is 1. The Hall–Kier alpha value is -1.51. The summed E-state index contributed by atoms with van der Waals surface area (Å²) in [4.78, 5) is 10.7. The first-order valence-corrected chi connectivity index (χ1v) is 6.11. The van der Waals surface area contributed by atoms with Crippen LogP contribution in [-0.2, 0) is 0 Å². The Labute approximate surface area is 102 Å². The third kappa shape index (κ3) is 2.60. The van der Waals surface area contributed by atoms with Crippen LogP contribution in [0.15, 0.2) is 24.3 Å². The monoisotopic (exact) mass is 233 g/mol. The molecular weight excluding hydrogens is 214 g/mol. The topological polar surface area (TPSA) is 49.3 Å². The number of benzene rings is 1. The van der Waals surface area contributed by atoms with Crippen LogP contribution in [-0.4, -0.2) is 17.6 Å². The molecular formula is C14H19NO2. The zero-order valence-corrected chi connectivity index (χ0v) is 10.4. The molecule has 0 saturated heterocycles. The normalized spacial score (nSPS) is 16.9. The maximum atomic E-state index is 10.7. The van der Waals surface area contributed by atoms with Crippen LogP contribution in [0.2, 0.25) is 0 Å². The summed E-state index contributed by atoms with van der Waals surface area (Å²) in [5.74, 6) is -0.175. The van der Waals surface area contributed by atoms with E-state index in [1.165, 1.54) is 12.8 Å². The molecule has 1 aromatic rings. The lowest BCUT2D eigenvalue weighted by Crippen LogP contribution is -2.20. The van der Waals surface area contributed by atoms with Gasteiger partial charge in [0.15, 0.2) is 0 Å². The predicted octanol–water partition coefficient (Wildman–Crippen LogP) is 3.23. The molecule has 1 aliphatic carbocycles. The number of hydrogen-bond acceptors (Lipinski definition) is 2. The molecule has 0 amide bonds. The molecule has 2 rings (SSSR count). The van der Waals surface area contributed by atoms with E-state index in [-0.39, 0.29) is 0 Å². The van der Waals surface area contributed by atoms with Crippen molar-refractivity contribution in [2.75, 3.05) is 11.9 Å². The van der Waals surface area contributed by atoms with Crippen molar-refractivity contribution in [3.05, 3.63) is 29.8 Å². The molecule has 0 aliphatic heterocycles. The quantitative estimate of drug-likeness (QED) is 0.820. The standard InChI is InChI=1S/C14H19NO2/c1-10(2)14(7-8-14)9-15-12-5-3-11(4-6-12)13(16)17/h3-6,10,15H,7-9H2,1-2H3,(H,16,17). The van der Waals surface area contributed by atoms with E-state index in [4.69, 9.17) is 5.11 Å². The minimum absolute atomic E-state index is 0.334. The highest BCUT2D eigenvalue weighted by Crippen LogP contribution is 2.51. The van der Waals surface area contributed by atoms with Crippen molar-refractivity contribution in [3.63, 3.8) is 0 Å². The van der Waals surface area contributed by atoms with Crippen LogP contribution in [0.1, 0.15) is 37.0 Å².